The second-order valence-electron chi connectivity index (χ2n) is 5.12. The minimum absolute atomic E-state index is 0.289. The first-order valence-corrected chi connectivity index (χ1v) is 7.23. The summed E-state index contributed by atoms with van der Waals surface area (Å²) >= 11 is 0. The average Bonchev–Trinajstić information content (AvgIpc) is 2.82. The number of aryl methyl sites for hydroxylation is 3. The molecule has 0 N–H and O–H groups in total. The molecule has 0 aliphatic rings. The zero-order valence-corrected chi connectivity index (χ0v) is 13.8. The monoisotopic (exact) mass is 312 g/mol. The Kier molecular flexibility index (Phi) is 5.05. The van der Waals surface area contributed by atoms with Crippen LogP contribution in [-0.2, 0) is 7.05 Å². The lowest BCUT2D eigenvalue weighted by molar-refractivity contribution is 0.111. The van der Waals surface area contributed by atoms with E-state index in [1.807, 2.05) is 40.0 Å². The Hall–Kier alpha value is -2.76. The Morgan fingerprint density at radius 2 is 2.17 bits per heavy atom. The summed E-state index contributed by atoms with van der Waals surface area (Å²) in [6, 6.07) is 3.56. The molecule has 0 radical (unpaired) electrons. The second kappa shape index (κ2) is 7.00. The van der Waals surface area contributed by atoms with Crippen molar-refractivity contribution in [3.05, 3.63) is 40.9 Å². The van der Waals surface area contributed by atoms with E-state index >= 15 is 0 Å². The van der Waals surface area contributed by atoms with Gasteiger partial charge in [-0.2, -0.15) is 5.10 Å². The van der Waals surface area contributed by atoms with Gasteiger partial charge in [0.2, 0.25) is 0 Å². The number of aliphatic imine (C=N–C) groups is 1. The fourth-order valence-electron chi connectivity index (χ4n) is 2.43. The molecule has 6 heteroatoms. The van der Waals surface area contributed by atoms with Gasteiger partial charge in [0.25, 0.3) is 0 Å². The first-order valence-electron chi connectivity index (χ1n) is 7.23. The van der Waals surface area contributed by atoms with Crippen LogP contribution in [0.25, 0.3) is 5.57 Å². The number of nitrogens with zero attached hydrogens (tertiary/aromatic N) is 4. The molecule has 0 atom stereocenters. The van der Waals surface area contributed by atoms with Gasteiger partial charge < -0.3 is 4.74 Å². The van der Waals surface area contributed by atoms with Crippen LogP contribution in [0.2, 0.25) is 0 Å². The van der Waals surface area contributed by atoms with Crippen LogP contribution in [0.5, 0.6) is 5.75 Å². The summed E-state index contributed by atoms with van der Waals surface area (Å²) in [4.78, 5) is 19.3. The largest absolute Gasteiger partial charge is 0.487 e. The number of pyridine rings is 1. The molecular formula is C17H20N4O2. The lowest BCUT2D eigenvalue weighted by Gasteiger charge is -2.11. The molecule has 0 aliphatic carbocycles. The van der Waals surface area contributed by atoms with Gasteiger partial charge >= 0.3 is 0 Å². The summed E-state index contributed by atoms with van der Waals surface area (Å²) in [6.45, 7) is 9.56. The van der Waals surface area contributed by atoms with Crippen molar-refractivity contribution < 1.29 is 9.53 Å². The van der Waals surface area contributed by atoms with Crippen molar-refractivity contribution in [2.45, 2.75) is 20.8 Å². The van der Waals surface area contributed by atoms with Crippen molar-refractivity contribution >= 4 is 24.4 Å². The fraction of sp³-hybridized carbons (Fsp3) is 0.294. The van der Waals surface area contributed by atoms with Crippen molar-refractivity contribution in [1.29, 1.82) is 0 Å². The molecule has 0 spiro atoms. The van der Waals surface area contributed by atoms with Gasteiger partial charge in [0.1, 0.15) is 18.1 Å². The van der Waals surface area contributed by atoms with E-state index in [-0.39, 0.29) is 6.61 Å². The van der Waals surface area contributed by atoms with Crippen LogP contribution in [0.4, 0.5) is 5.82 Å². The molecule has 2 heterocycles. The molecule has 0 aromatic carbocycles. The molecule has 6 nitrogen and oxygen atoms in total. The van der Waals surface area contributed by atoms with Crippen LogP contribution in [-0.4, -0.2) is 34.4 Å². The molecule has 0 saturated heterocycles. The number of allylic oxidation sites excluding steroid dienone is 1. The van der Waals surface area contributed by atoms with E-state index < -0.39 is 0 Å². The molecule has 0 amide bonds. The Morgan fingerprint density at radius 1 is 1.43 bits per heavy atom. The van der Waals surface area contributed by atoms with E-state index in [0.717, 1.165) is 22.5 Å². The van der Waals surface area contributed by atoms with Crippen LogP contribution < -0.4 is 4.74 Å². The molecular weight excluding hydrogens is 292 g/mol. The summed E-state index contributed by atoms with van der Waals surface area (Å²) in [5, 5.41) is 4.37. The van der Waals surface area contributed by atoms with Gasteiger partial charge in [-0.05, 0) is 45.2 Å². The predicted molar refractivity (Wildman–Crippen MR) is 90.7 cm³/mol. The molecule has 23 heavy (non-hydrogen) atoms. The topological polar surface area (TPSA) is 69.4 Å². The first-order chi connectivity index (χ1) is 11.0. The quantitative estimate of drug-likeness (QED) is 0.607. The van der Waals surface area contributed by atoms with Gasteiger partial charge in [-0.3, -0.25) is 9.48 Å². The summed E-state index contributed by atoms with van der Waals surface area (Å²) in [5.41, 5.74) is 3.75. The van der Waals surface area contributed by atoms with E-state index in [0.29, 0.717) is 23.5 Å². The minimum Gasteiger partial charge on any atom is -0.487 e. The number of aromatic nitrogens is 3. The van der Waals surface area contributed by atoms with Crippen molar-refractivity contribution in [1.82, 2.24) is 14.8 Å². The Bertz CT molecular complexity index is 775. The highest BCUT2D eigenvalue weighted by Crippen LogP contribution is 2.29. The normalized spacial score (nSPS) is 11.4. The van der Waals surface area contributed by atoms with Gasteiger partial charge in [0.15, 0.2) is 12.1 Å². The Morgan fingerprint density at radius 3 is 2.78 bits per heavy atom. The molecule has 0 aliphatic heterocycles. The van der Waals surface area contributed by atoms with Gasteiger partial charge in [-0.1, -0.05) is 6.08 Å². The maximum Gasteiger partial charge on any atom is 0.172 e. The highest BCUT2D eigenvalue weighted by Gasteiger charge is 2.17. The highest BCUT2D eigenvalue weighted by molar-refractivity contribution is 5.78. The van der Waals surface area contributed by atoms with Crippen LogP contribution in [0.3, 0.4) is 0 Å². The van der Waals surface area contributed by atoms with Gasteiger partial charge in [-0.15, -0.1) is 0 Å². The van der Waals surface area contributed by atoms with Crippen molar-refractivity contribution in [2.75, 3.05) is 6.61 Å². The average molecular weight is 312 g/mol. The first kappa shape index (κ1) is 16.6. The lowest BCUT2D eigenvalue weighted by atomic mass is 10.1. The molecule has 0 saturated carbocycles. The van der Waals surface area contributed by atoms with Crippen LogP contribution in [0.15, 0.2) is 23.2 Å². The van der Waals surface area contributed by atoms with Crippen LogP contribution in [0.1, 0.15) is 34.4 Å². The summed E-state index contributed by atoms with van der Waals surface area (Å²) in [7, 11) is 1.82. The molecule has 2 aromatic heterocycles. The molecule has 2 rings (SSSR count). The summed E-state index contributed by atoms with van der Waals surface area (Å²) in [5.74, 6) is 1.15. The third-order valence-electron chi connectivity index (χ3n) is 3.53. The van der Waals surface area contributed by atoms with Crippen LogP contribution >= 0.6 is 0 Å². The van der Waals surface area contributed by atoms with Crippen LogP contribution in [0, 0.1) is 13.8 Å². The third kappa shape index (κ3) is 3.36. The molecule has 0 unspecified atom stereocenters. The van der Waals surface area contributed by atoms with E-state index in [9.17, 15) is 4.79 Å². The summed E-state index contributed by atoms with van der Waals surface area (Å²) in [6.07, 6.45) is 2.64. The maximum absolute atomic E-state index is 11.1. The predicted octanol–water partition coefficient (Wildman–Crippen LogP) is 3.06. The van der Waals surface area contributed by atoms with Gasteiger partial charge in [0, 0.05) is 18.3 Å². The lowest BCUT2D eigenvalue weighted by Crippen LogP contribution is -2.05. The molecule has 0 fully saturated rings. The second-order valence-corrected chi connectivity index (χ2v) is 5.12. The third-order valence-corrected chi connectivity index (χ3v) is 3.53. The maximum atomic E-state index is 11.1. The van der Waals surface area contributed by atoms with E-state index in [2.05, 4.69) is 21.8 Å². The molecule has 2 aromatic rings. The van der Waals surface area contributed by atoms with E-state index in [4.69, 9.17) is 4.74 Å². The number of ether oxygens (including phenoxy) is 1. The van der Waals surface area contributed by atoms with E-state index in [1.54, 1.807) is 10.7 Å². The van der Waals surface area contributed by atoms with Crippen molar-refractivity contribution in [2.24, 2.45) is 12.0 Å². The van der Waals surface area contributed by atoms with Crippen molar-refractivity contribution in [3.8, 4) is 5.75 Å². The summed E-state index contributed by atoms with van der Waals surface area (Å²) < 4.78 is 7.48. The number of hydrogen-bond donors (Lipinski definition) is 0. The Labute approximate surface area is 135 Å². The number of aldehydes is 1. The molecule has 0 bridgehead atoms. The minimum atomic E-state index is 0.289. The smallest absolute Gasteiger partial charge is 0.172 e. The molecule has 120 valence electrons. The Balaban J connectivity index is 2.29. The fourth-order valence-corrected chi connectivity index (χ4v) is 2.43. The van der Waals surface area contributed by atoms with Gasteiger partial charge in [0.05, 0.1) is 5.69 Å². The zero-order chi connectivity index (χ0) is 17.0. The standard InChI is InChI=1S/C17H20N4O2/c1-6-13(16-12(3)20-21(5)17(16)18-4)10-23-15-8-7-11(2)19-14(15)9-22/h6-9H,4,10H2,1-3,5H3/b13-6-. The van der Waals surface area contributed by atoms with E-state index in [1.165, 1.54) is 0 Å². The van der Waals surface area contributed by atoms with Crippen molar-refractivity contribution in [3.63, 3.8) is 0 Å². The number of carbonyl (C=O) groups excluding carboxylic acids is 1. The van der Waals surface area contributed by atoms with Gasteiger partial charge in [-0.25, -0.2) is 9.98 Å². The highest BCUT2D eigenvalue weighted by atomic mass is 16.5. The SMILES string of the molecule is C=Nc1c(/C(=C\C)COc2ccc(C)nc2C=O)c(C)nn1C. The zero-order valence-electron chi connectivity index (χ0n) is 13.8. The number of carbonyl (C=O) groups is 1. The number of rotatable bonds is 6. The number of hydrogen-bond acceptors (Lipinski definition) is 5.